The maximum Gasteiger partial charge on any atom is 0.345 e. The van der Waals surface area contributed by atoms with Gasteiger partial charge in [0.2, 0.25) is 0 Å². The highest BCUT2D eigenvalue weighted by atomic mass is 16.5. The molecule has 17 heavy (non-hydrogen) atoms. The summed E-state index contributed by atoms with van der Waals surface area (Å²) < 4.78 is 6.34. The van der Waals surface area contributed by atoms with Gasteiger partial charge in [-0.15, -0.1) is 0 Å². The lowest BCUT2D eigenvalue weighted by Gasteiger charge is -2.26. The van der Waals surface area contributed by atoms with Crippen molar-refractivity contribution in [2.45, 2.75) is 38.8 Å². The zero-order valence-electron chi connectivity index (χ0n) is 10.2. The van der Waals surface area contributed by atoms with Crippen molar-refractivity contribution in [3.63, 3.8) is 0 Å². The number of carbonyl (C=O) groups is 1. The van der Waals surface area contributed by atoms with E-state index in [0.717, 1.165) is 12.8 Å². The largest absolute Gasteiger partial charge is 0.465 e. The Hall–Kier alpha value is -1.72. The van der Waals surface area contributed by atoms with Crippen molar-refractivity contribution in [3.05, 3.63) is 5.56 Å². The van der Waals surface area contributed by atoms with Crippen molar-refractivity contribution < 1.29 is 9.53 Å². The molecule has 2 rings (SSSR count). The Morgan fingerprint density at radius 2 is 2.35 bits per heavy atom. The van der Waals surface area contributed by atoms with Gasteiger partial charge in [-0.05, 0) is 26.2 Å². The third-order valence-corrected chi connectivity index (χ3v) is 3.13. The molecule has 1 saturated carbocycles. The molecule has 0 aliphatic heterocycles. The average molecular weight is 238 g/mol. The number of nitrogens with two attached hydrogens (primary N) is 1. The lowest BCUT2D eigenvalue weighted by Crippen LogP contribution is -2.28. The molecular weight excluding hydrogens is 220 g/mol. The van der Waals surface area contributed by atoms with Crippen molar-refractivity contribution in [1.29, 1.82) is 0 Å². The topological polar surface area (TPSA) is 82.2 Å². The lowest BCUT2D eigenvalue weighted by atomic mass is 9.93. The van der Waals surface area contributed by atoms with Gasteiger partial charge in [0.15, 0.2) is 5.82 Å². The van der Waals surface area contributed by atoms with Crippen LogP contribution in [0.25, 0.3) is 0 Å². The first-order chi connectivity index (χ1) is 8.17. The quantitative estimate of drug-likeness (QED) is 0.771. The first-order valence-corrected chi connectivity index (χ1v) is 5.88. The third kappa shape index (κ3) is 2.07. The Balaban J connectivity index is 2.30. The first-order valence-electron chi connectivity index (χ1n) is 5.88. The number of aryl methyl sites for hydroxylation is 1. The van der Waals surface area contributed by atoms with Gasteiger partial charge in [0.1, 0.15) is 11.4 Å². The summed E-state index contributed by atoms with van der Waals surface area (Å²) in [5, 5.41) is 7.54. The summed E-state index contributed by atoms with van der Waals surface area (Å²) in [5.74, 6) is 0.464. The number of nitrogens with zero attached hydrogens (tertiary/aromatic N) is 2. The Labute approximate surface area is 100 Å². The molecule has 6 heteroatoms. The van der Waals surface area contributed by atoms with Gasteiger partial charge in [0.25, 0.3) is 0 Å². The summed E-state index contributed by atoms with van der Waals surface area (Å²) in [6.45, 7) is 2.56. The minimum absolute atomic E-state index is 0.348. The molecule has 0 atom stereocenters. The van der Waals surface area contributed by atoms with Crippen LogP contribution < -0.4 is 11.1 Å². The Morgan fingerprint density at radius 1 is 1.65 bits per heavy atom. The Bertz CT molecular complexity index is 423. The molecule has 0 unspecified atom stereocenters. The van der Waals surface area contributed by atoms with Gasteiger partial charge in [-0.1, -0.05) is 0 Å². The number of rotatable bonds is 4. The summed E-state index contributed by atoms with van der Waals surface area (Å²) >= 11 is 0. The third-order valence-electron chi connectivity index (χ3n) is 3.13. The van der Waals surface area contributed by atoms with E-state index in [0.29, 0.717) is 29.8 Å². The second-order valence-corrected chi connectivity index (χ2v) is 4.19. The fourth-order valence-electron chi connectivity index (χ4n) is 1.87. The maximum absolute atomic E-state index is 11.7. The van der Waals surface area contributed by atoms with E-state index < -0.39 is 5.97 Å². The van der Waals surface area contributed by atoms with Crippen molar-refractivity contribution in [3.8, 4) is 0 Å². The predicted molar refractivity (Wildman–Crippen MR) is 64.9 cm³/mol. The Kier molecular flexibility index (Phi) is 3.21. The summed E-state index contributed by atoms with van der Waals surface area (Å²) in [6.07, 6.45) is 3.44. The van der Waals surface area contributed by atoms with E-state index in [9.17, 15) is 4.79 Å². The summed E-state index contributed by atoms with van der Waals surface area (Å²) in [7, 11) is 1.35. The van der Waals surface area contributed by atoms with E-state index in [1.165, 1.54) is 13.5 Å². The van der Waals surface area contributed by atoms with Gasteiger partial charge in [-0.2, -0.15) is 5.10 Å². The van der Waals surface area contributed by atoms with Crippen LogP contribution >= 0.6 is 0 Å². The predicted octanol–water partition coefficient (Wildman–Crippen LogP) is 1.24. The van der Waals surface area contributed by atoms with Gasteiger partial charge >= 0.3 is 5.97 Å². The molecule has 3 N–H and O–H groups in total. The molecule has 1 aliphatic rings. The van der Waals surface area contributed by atoms with E-state index in [1.807, 2.05) is 6.92 Å². The number of hydrogen-bond donors (Lipinski definition) is 2. The normalized spacial score (nSPS) is 15.4. The number of nitrogen functional groups attached to an aromatic ring is 1. The van der Waals surface area contributed by atoms with E-state index in [-0.39, 0.29) is 0 Å². The number of carbonyl (C=O) groups excluding carboxylic acids is 1. The molecule has 0 aromatic carbocycles. The number of esters is 1. The summed E-state index contributed by atoms with van der Waals surface area (Å²) in [4.78, 5) is 11.7. The van der Waals surface area contributed by atoms with Crippen molar-refractivity contribution >= 4 is 17.6 Å². The standard InChI is InChI=1S/C11H18N4O2/c1-3-15-9(12)8(11(16)17-2)10(14-15)13-7-5-4-6-7/h7H,3-6,12H2,1-2H3,(H,13,14). The minimum atomic E-state index is -0.441. The molecule has 1 aromatic rings. The van der Waals surface area contributed by atoms with Crippen LogP contribution in [0.5, 0.6) is 0 Å². The number of aromatic nitrogens is 2. The second-order valence-electron chi connectivity index (χ2n) is 4.19. The molecule has 0 radical (unpaired) electrons. The van der Waals surface area contributed by atoms with E-state index >= 15 is 0 Å². The fraction of sp³-hybridized carbons (Fsp3) is 0.636. The molecule has 1 fully saturated rings. The van der Waals surface area contributed by atoms with Crippen LogP contribution in [0.3, 0.4) is 0 Å². The molecule has 1 heterocycles. The number of ether oxygens (including phenoxy) is 1. The van der Waals surface area contributed by atoms with Crippen LogP contribution in [0.1, 0.15) is 36.5 Å². The monoisotopic (exact) mass is 238 g/mol. The Morgan fingerprint density at radius 3 is 2.82 bits per heavy atom. The molecule has 94 valence electrons. The first kappa shape index (κ1) is 11.8. The van der Waals surface area contributed by atoms with Gasteiger partial charge in [-0.3, -0.25) is 0 Å². The van der Waals surface area contributed by atoms with Gasteiger partial charge < -0.3 is 15.8 Å². The van der Waals surface area contributed by atoms with E-state index in [4.69, 9.17) is 10.5 Å². The van der Waals surface area contributed by atoms with Gasteiger partial charge in [0.05, 0.1) is 7.11 Å². The van der Waals surface area contributed by atoms with E-state index in [1.54, 1.807) is 4.68 Å². The molecule has 0 spiro atoms. The number of hydrogen-bond acceptors (Lipinski definition) is 5. The highest BCUT2D eigenvalue weighted by Gasteiger charge is 2.26. The molecule has 0 amide bonds. The SMILES string of the molecule is CCn1nc(NC2CCC2)c(C(=O)OC)c1N. The number of methoxy groups -OCH3 is 1. The highest BCUT2D eigenvalue weighted by Crippen LogP contribution is 2.28. The van der Waals surface area contributed by atoms with Crippen LogP contribution in [-0.2, 0) is 11.3 Å². The lowest BCUT2D eigenvalue weighted by molar-refractivity contribution is 0.0603. The highest BCUT2D eigenvalue weighted by molar-refractivity contribution is 5.99. The fourth-order valence-corrected chi connectivity index (χ4v) is 1.87. The summed E-state index contributed by atoms with van der Waals surface area (Å²) in [5.41, 5.74) is 6.23. The molecule has 0 bridgehead atoms. The van der Waals surface area contributed by atoms with Crippen LogP contribution in [0.15, 0.2) is 0 Å². The average Bonchev–Trinajstić information content (AvgIpc) is 2.59. The smallest absolute Gasteiger partial charge is 0.345 e. The van der Waals surface area contributed by atoms with Crippen LogP contribution in [0, 0.1) is 0 Å². The molecule has 0 saturated heterocycles. The minimum Gasteiger partial charge on any atom is -0.465 e. The van der Waals surface area contributed by atoms with Crippen LogP contribution in [0.4, 0.5) is 11.6 Å². The second kappa shape index (κ2) is 4.65. The number of nitrogens with one attached hydrogen (secondary N) is 1. The van der Waals surface area contributed by atoms with Crippen molar-refractivity contribution in [2.75, 3.05) is 18.2 Å². The van der Waals surface area contributed by atoms with Crippen molar-refractivity contribution in [1.82, 2.24) is 9.78 Å². The maximum atomic E-state index is 11.7. The van der Waals surface area contributed by atoms with Crippen LogP contribution in [0.2, 0.25) is 0 Å². The van der Waals surface area contributed by atoms with Crippen LogP contribution in [-0.4, -0.2) is 28.9 Å². The van der Waals surface area contributed by atoms with Crippen molar-refractivity contribution in [2.24, 2.45) is 0 Å². The zero-order chi connectivity index (χ0) is 12.4. The molecule has 1 aromatic heterocycles. The molecule has 6 nitrogen and oxygen atoms in total. The van der Waals surface area contributed by atoms with Gasteiger partial charge in [0, 0.05) is 12.6 Å². The van der Waals surface area contributed by atoms with Gasteiger partial charge in [-0.25, -0.2) is 9.48 Å². The van der Waals surface area contributed by atoms with E-state index in [2.05, 4.69) is 10.4 Å². The molecule has 1 aliphatic carbocycles. The zero-order valence-corrected chi connectivity index (χ0v) is 10.2. The summed E-state index contributed by atoms with van der Waals surface area (Å²) in [6, 6.07) is 0.401. The molecular formula is C11H18N4O2. The number of anilines is 2.